The molecule has 0 bridgehead atoms. The number of allylic oxidation sites excluding steroid dienone is 3. The predicted molar refractivity (Wildman–Crippen MR) is 141 cm³/mol. The lowest BCUT2D eigenvalue weighted by Gasteiger charge is -2.36. The highest BCUT2D eigenvalue weighted by atomic mass is 19.1. The van der Waals surface area contributed by atoms with Crippen LogP contribution in [0.1, 0.15) is 19.8 Å². The van der Waals surface area contributed by atoms with Crippen molar-refractivity contribution in [1.29, 1.82) is 0 Å². The second kappa shape index (κ2) is 10.8. The van der Waals surface area contributed by atoms with Crippen LogP contribution in [0.2, 0.25) is 0 Å². The summed E-state index contributed by atoms with van der Waals surface area (Å²) in [5, 5.41) is 3.63. The number of nitrogens with zero attached hydrogens (tertiary/aromatic N) is 4. The van der Waals surface area contributed by atoms with Crippen LogP contribution >= 0.6 is 0 Å². The Labute approximate surface area is 208 Å². The summed E-state index contributed by atoms with van der Waals surface area (Å²) in [5.74, 6) is -0.674. The number of rotatable bonds is 7. The smallest absolute Gasteiger partial charge is 0.256 e. The Bertz CT molecular complexity index is 1370. The minimum Gasteiger partial charge on any atom is -0.375 e. The minimum atomic E-state index is -0.803. The minimum absolute atomic E-state index is 0.0942. The lowest BCUT2D eigenvalue weighted by Crippen LogP contribution is -2.41. The van der Waals surface area contributed by atoms with E-state index in [9.17, 15) is 13.6 Å². The Kier molecular flexibility index (Phi) is 7.59. The molecule has 2 N–H and O–H groups in total. The number of nitrogens with one attached hydrogen (secondary N) is 2. The highest BCUT2D eigenvalue weighted by molar-refractivity contribution is 5.84. The fraction of sp³-hybridized carbons (Fsp3) is 0.296. The highest BCUT2D eigenvalue weighted by Crippen LogP contribution is 2.26. The predicted octanol–water partition coefficient (Wildman–Crippen LogP) is 4.75. The summed E-state index contributed by atoms with van der Waals surface area (Å²) in [4.78, 5) is 28.4. The molecule has 1 fully saturated rings. The fourth-order valence-electron chi connectivity index (χ4n) is 4.36. The van der Waals surface area contributed by atoms with Crippen LogP contribution in [0.3, 0.4) is 0 Å². The van der Waals surface area contributed by atoms with Gasteiger partial charge in [0.15, 0.2) is 0 Å². The summed E-state index contributed by atoms with van der Waals surface area (Å²) in [6.45, 7) is 7.87. The Balaban J connectivity index is 1.54. The van der Waals surface area contributed by atoms with Crippen LogP contribution < -0.4 is 10.9 Å². The molecule has 7 nitrogen and oxygen atoms in total. The van der Waals surface area contributed by atoms with Gasteiger partial charge in [-0.25, -0.2) is 18.8 Å². The first-order chi connectivity index (χ1) is 17.3. The van der Waals surface area contributed by atoms with Crippen molar-refractivity contribution in [2.75, 3.05) is 32.5 Å². The van der Waals surface area contributed by atoms with Crippen LogP contribution in [0.5, 0.6) is 0 Å². The van der Waals surface area contributed by atoms with E-state index in [0.29, 0.717) is 28.6 Å². The average molecular weight is 493 g/mol. The number of anilines is 1. The lowest BCUT2D eigenvalue weighted by atomic mass is 10.0. The van der Waals surface area contributed by atoms with E-state index in [1.165, 1.54) is 18.3 Å². The number of benzene rings is 1. The number of likely N-dealkylation sites (tertiary alicyclic amines) is 1. The zero-order chi connectivity index (χ0) is 25.8. The van der Waals surface area contributed by atoms with Crippen molar-refractivity contribution in [3.63, 3.8) is 0 Å². The first-order valence-corrected chi connectivity index (χ1v) is 11.8. The third-order valence-corrected chi connectivity index (χ3v) is 6.66. The maximum absolute atomic E-state index is 14.2. The SMILES string of the molecule is C=N/C(=C\C=C(/C)N(C)C1CCN(C)CC1)Nc1cc2[nH]c(=O)c(-c3c(F)cccc3F)cc2cn1. The monoisotopic (exact) mass is 492 g/mol. The van der Waals surface area contributed by atoms with E-state index < -0.39 is 17.2 Å². The molecule has 0 unspecified atom stereocenters. The molecular weight excluding hydrogens is 462 g/mol. The molecule has 1 aromatic carbocycles. The first kappa shape index (κ1) is 25.2. The van der Waals surface area contributed by atoms with Crippen molar-refractivity contribution in [1.82, 2.24) is 19.8 Å². The third kappa shape index (κ3) is 5.52. The van der Waals surface area contributed by atoms with Gasteiger partial charge in [0.25, 0.3) is 5.56 Å². The van der Waals surface area contributed by atoms with E-state index in [-0.39, 0.29) is 11.1 Å². The molecule has 0 saturated carbocycles. The van der Waals surface area contributed by atoms with Crippen molar-refractivity contribution >= 4 is 23.4 Å². The number of pyridine rings is 2. The molecule has 2 aromatic heterocycles. The average Bonchev–Trinajstić information content (AvgIpc) is 2.86. The number of hydrogen-bond donors (Lipinski definition) is 2. The van der Waals surface area contributed by atoms with Crippen LogP contribution in [0.4, 0.5) is 14.6 Å². The number of hydrogen-bond acceptors (Lipinski definition) is 6. The van der Waals surface area contributed by atoms with Crippen LogP contribution in [0.15, 0.2) is 70.0 Å². The normalized spacial score (nSPS) is 15.8. The van der Waals surface area contributed by atoms with Gasteiger partial charge in [-0.15, -0.1) is 0 Å². The molecule has 0 amide bonds. The maximum Gasteiger partial charge on any atom is 0.256 e. The standard InChI is InChI=1S/C27H30F2N6O/c1-17(35(4)19-10-12-34(3)13-11-19)8-9-24(30-2)33-25-15-23-18(16-31-25)14-20(27(36)32-23)26-21(28)6-5-7-22(26)29/h5-9,14-16,19H,2,10-13H2,1,3-4H3,(H,31,33)(H,32,36)/b17-8+,24-9+. The first-order valence-electron chi connectivity index (χ1n) is 11.8. The van der Waals surface area contributed by atoms with Gasteiger partial charge in [0.1, 0.15) is 23.3 Å². The molecule has 0 spiro atoms. The number of aromatic amines is 1. The molecular formula is C27H30F2N6O. The van der Waals surface area contributed by atoms with Gasteiger partial charge in [0.05, 0.1) is 16.6 Å². The highest BCUT2D eigenvalue weighted by Gasteiger charge is 2.20. The summed E-state index contributed by atoms with van der Waals surface area (Å²) in [5.41, 5.74) is 0.516. The molecule has 0 radical (unpaired) electrons. The van der Waals surface area contributed by atoms with E-state index in [0.717, 1.165) is 43.8 Å². The molecule has 0 aliphatic carbocycles. The van der Waals surface area contributed by atoms with Crippen molar-refractivity contribution in [3.8, 4) is 11.1 Å². The van der Waals surface area contributed by atoms with E-state index in [1.807, 2.05) is 12.2 Å². The van der Waals surface area contributed by atoms with Crippen LogP contribution in [0, 0.1) is 11.6 Å². The molecule has 9 heteroatoms. The van der Waals surface area contributed by atoms with Gasteiger partial charge >= 0.3 is 0 Å². The zero-order valence-electron chi connectivity index (χ0n) is 20.7. The lowest BCUT2D eigenvalue weighted by molar-refractivity contribution is 0.171. The van der Waals surface area contributed by atoms with Crippen molar-refractivity contribution < 1.29 is 8.78 Å². The van der Waals surface area contributed by atoms with Crippen LogP contribution in [0.25, 0.3) is 22.0 Å². The Hall–Kier alpha value is -3.85. The van der Waals surface area contributed by atoms with E-state index in [4.69, 9.17) is 0 Å². The quantitative estimate of drug-likeness (QED) is 0.368. The molecule has 3 aromatic rings. The number of aliphatic imine (C=N–C) groups is 1. The summed E-state index contributed by atoms with van der Waals surface area (Å²) in [7, 11) is 4.25. The molecule has 1 aliphatic rings. The third-order valence-electron chi connectivity index (χ3n) is 6.66. The molecule has 36 heavy (non-hydrogen) atoms. The molecule has 4 rings (SSSR count). The van der Waals surface area contributed by atoms with E-state index in [2.05, 4.69) is 57.8 Å². The Morgan fingerprint density at radius 3 is 2.61 bits per heavy atom. The fourth-order valence-corrected chi connectivity index (χ4v) is 4.36. The Morgan fingerprint density at radius 2 is 1.94 bits per heavy atom. The molecule has 1 saturated heterocycles. The van der Waals surface area contributed by atoms with Gasteiger partial charge < -0.3 is 20.1 Å². The van der Waals surface area contributed by atoms with E-state index in [1.54, 1.807) is 6.07 Å². The number of aromatic nitrogens is 2. The summed E-state index contributed by atoms with van der Waals surface area (Å²) in [6, 6.07) is 7.06. The van der Waals surface area contributed by atoms with Gasteiger partial charge in [-0.1, -0.05) is 6.07 Å². The van der Waals surface area contributed by atoms with Gasteiger partial charge in [0.2, 0.25) is 0 Å². The second-order valence-electron chi connectivity index (χ2n) is 9.05. The molecule has 188 valence electrons. The Morgan fingerprint density at radius 1 is 1.25 bits per heavy atom. The topological polar surface area (TPSA) is 76.6 Å². The molecule has 0 atom stereocenters. The number of H-pyrrole nitrogens is 1. The molecule has 1 aliphatic heterocycles. The van der Waals surface area contributed by atoms with Gasteiger partial charge in [0, 0.05) is 36.4 Å². The summed E-state index contributed by atoms with van der Waals surface area (Å²) in [6.07, 6.45) is 7.57. The number of halogens is 2. The number of piperidine rings is 1. The number of fused-ring (bicyclic) bond motifs is 1. The van der Waals surface area contributed by atoms with Crippen LogP contribution in [-0.4, -0.2) is 59.7 Å². The zero-order valence-corrected chi connectivity index (χ0v) is 20.7. The second-order valence-corrected chi connectivity index (χ2v) is 9.05. The maximum atomic E-state index is 14.2. The van der Waals surface area contributed by atoms with E-state index >= 15 is 0 Å². The van der Waals surface area contributed by atoms with Gasteiger partial charge in [-0.05, 0) is 77.0 Å². The van der Waals surface area contributed by atoms with Gasteiger partial charge in [-0.2, -0.15) is 0 Å². The van der Waals surface area contributed by atoms with Gasteiger partial charge in [-0.3, -0.25) is 4.79 Å². The van der Waals surface area contributed by atoms with Crippen molar-refractivity contribution in [3.05, 3.63) is 82.2 Å². The summed E-state index contributed by atoms with van der Waals surface area (Å²) < 4.78 is 28.4. The van der Waals surface area contributed by atoms with Crippen LogP contribution in [-0.2, 0) is 0 Å². The molecule has 3 heterocycles. The van der Waals surface area contributed by atoms with Crippen molar-refractivity contribution in [2.24, 2.45) is 4.99 Å². The largest absolute Gasteiger partial charge is 0.375 e. The van der Waals surface area contributed by atoms with Crippen molar-refractivity contribution in [2.45, 2.75) is 25.8 Å². The summed E-state index contributed by atoms with van der Waals surface area (Å²) >= 11 is 0.